The van der Waals surface area contributed by atoms with Crippen molar-refractivity contribution in [2.45, 2.75) is 0 Å². The predicted molar refractivity (Wildman–Crippen MR) is 128 cm³/mol. The number of esters is 1. The van der Waals surface area contributed by atoms with Crippen LogP contribution in [0, 0.1) is 0 Å². The number of benzene rings is 3. The average Bonchev–Trinajstić information content (AvgIpc) is 3.03. The van der Waals surface area contributed by atoms with Crippen molar-refractivity contribution in [3.05, 3.63) is 93.6 Å². The van der Waals surface area contributed by atoms with Crippen LogP contribution in [0.5, 0.6) is 11.5 Å². The van der Waals surface area contributed by atoms with Crippen molar-refractivity contribution < 1.29 is 23.9 Å². The summed E-state index contributed by atoms with van der Waals surface area (Å²) in [5.41, 5.74) is 1.11. The highest BCUT2D eigenvalue weighted by molar-refractivity contribution is 9.10. The van der Waals surface area contributed by atoms with E-state index < -0.39 is 17.8 Å². The number of hydrogen-bond acceptors (Lipinski definition) is 6. The molecule has 1 aliphatic heterocycles. The lowest BCUT2D eigenvalue weighted by Crippen LogP contribution is -2.32. The Balaban J connectivity index is 1.48. The largest absolute Gasteiger partial charge is 0.493 e. The molecule has 1 aliphatic rings. The molecule has 0 spiro atoms. The second kappa shape index (κ2) is 9.48. The highest BCUT2D eigenvalue weighted by Crippen LogP contribution is 2.31. The summed E-state index contributed by atoms with van der Waals surface area (Å²) in [6.07, 6.45) is 0. The van der Waals surface area contributed by atoms with Crippen molar-refractivity contribution in [1.29, 1.82) is 0 Å². The Kier molecular flexibility index (Phi) is 6.48. The van der Waals surface area contributed by atoms with Crippen LogP contribution in [0.2, 0.25) is 0 Å². The summed E-state index contributed by atoms with van der Waals surface area (Å²) in [4.78, 5) is 38.9. The molecule has 4 rings (SSSR count). The van der Waals surface area contributed by atoms with Gasteiger partial charge in [0, 0.05) is 10.2 Å². The molecule has 9 heteroatoms. The van der Waals surface area contributed by atoms with Gasteiger partial charge in [0.1, 0.15) is 10.7 Å². The fourth-order valence-corrected chi connectivity index (χ4v) is 3.61. The number of ether oxygens (including phenoxy) is 2. The number of amides is 2. The summed E-state index contributed by atoms with van der Waals surface area (Å²) in [6, 6.07) is 19.7. The minimum absolute atomic E-state index is 0.0473. The monoisotopic (exact) mass is 526 g/mol. The number of methoxy groups -OCH3 is 1. The van der Waals surface area contributed by atoms with Crippen LogP contribution >= 0.6 is 27.5 Å². The third kappa shape index (κ3) is 4.62. The fraction of sp³-hybridized carbons (Fsp3) is 0.0417. The van der Waals surface area contributed by atoms with E-state index >= 15 is 0 Å². The zero-order valence-corrected chi connectivity index (χ0v) is 19.5. The smallest absolute Gasteiger partial charge is 0.343 e. The molecule has 0 atom stereocenters. The van der Waals surface area contributed by atoms with Gasteiger partial charge >= 0.3 is 5.97 Å². The Morgan fingerprint density at radius 3 is 2.18 bits per heavy atom. The summed E-state index contributed by atoms with van der Waals surface area (Å²) in [6.45, 7) is 0. The van der Waals surface area contributed by atoms with Crippen molar-refractivity contribution in [2.24, 2.45) is 0 Å². The van der Waals surface area contributed by atoms with E-state index in [1.807, 2.05) is 0 Å². The molecule has 166 valence electrons. The van der Waals surface area contributed by atoms with Gasteiger partial charge in [-0.1, -0.05) is 39.7 Å². The van der Waals surface area contributed by atoms with Crippen LogP contribution in [0.1, 0.15) is 10.4 Å². The number of rotatable bonds is 6. The van der Waals surface area contributed by atoms with Gasteiger partial charge in [-0.25, -0.2) is 9.69 Å². The van der Waals surface area contributed by atoms with Gasteiger partial charge in [0.15, 0.2) is 11.5 Å². The fourth-order valence-electron chi connectivity index (χ4n) is 3.13. The maximum Gasteiger partial charge on any atom is 0.343 e. The van der Waals surface area contributed by atoms with Crippen molar-refractivity contribution in [1.82, 2.24) is 0 Å². The maximum atomic E-state index is 12.9. The van der Waals surface area contributed by atoms with Crippen molar-refractivity contribution >= 4 is 56.7 Å². The van der Waals surface area contributed by atoms with Crippen LogP contribution in [0.4, 0.5) is 11.4 Å². The van der Waals surface area contributed by atoms with Gasteiger partial charge in [-0.2, -0.15) is 0 Å². The third-order valence-corrected chi connectivity index (χ3v) is 5.65. The Labute approximate surface area is 202 Å². The first-order valence-electron chi connectivity index (χ1n) is 9.65. The number of carbonyl (C=O) groups is 3. The number of hydrogen-bond donors (Lipinski definition) is 1. The Morgan fingerprint density at radius 2 is 1.55 bits per heavy atom. The first-order chi connectivity index (χ1) is 15.9. The van der Waals surface area contributed by atoms with Crippen LogP contribution < -0.4 is 19.7 Å². The van der Waals surface area contributed by atoms with E-state index in [1.165, 1.54) is 19.2 Å². The Bertz CT molecular complexity index is 1270. The summed E-state index contributed by atoms with van der Waals surface area (Å²) < 4.78 is 11.4. The van der Waals surface area contributed by atoms with Crippen molar-refractivity contribution in [3.8, 4) is 11.5 Å². The number of nitrogens with one attached hydrogen (secondary N) is 1. The first-order valence-corrected chi connectivity index (χ1v) is 10.8. The van der Waals surface area contributed by atoms with E-state index in [0.717, 1.165) is 9.37 Å². The SMILES string of the molecule is COc1ccccc1OC(=O)c1ccc(NC2=C(Cl)C(=O)N(c3ccc(Br)cc3)C2=O)cc1. The van der Waals surface area contributed by atoms with E-state index in [4.69, 9.17) is 21.1 Å². The van der Waals surface area contributed by atoms with Gasteiger partial charge < -0.3 is 14.8 Å². The third-order valence-electron chi connectivity index (χ3n) is 4.77. The maximum absolute atomic E-state index is 12.9. The molecule has 0 radical (unpaired) electrons. The number of anilines is 2. The van der Waals surface area contributed by atoms with Crippen LogP contribution in [-0.4, -0.2) is 24.9 Å². The molecule has 1 N–H and O–H groups in total. The predicted octanol–water partition coefficient (Wildman–Crippen LogP) is 5.11. The van der Waals surface area contributed by atoms with Gasteiger partial charge in [0.05, 0.1) is 18.4 Å². The zero-order valence-electron chi connectivity index (χ0n) is 17.2. The first kappa shape index (κ1) is 22.6. The standard InChI is InChI=1S/C24H16BrClN2O5/c1-32-18-4-2-3-5-19(18)33-24(31)14-6-10-16(11-7-14)27-21-20(26)22(29)28(23(21)30)17-12-8-15(25)9-13-17/h2-13,27H,1H3. The highest BCUT2D eigenvalue weighted by Gasteiger charge is 2.38. The minimum Gasteiger partial charge on any atom is -0.493 e. The lowest BCUT2D eigenvalue weighted by atomic mass is 10.2. The molecule has 0 bridgehead atoms. The average molecular weight is 528 g/mol. The molecule has 3 aromatic rings. The highest BCUT2D eigenvalue weighted by atomic mass is 79.9. The molecule has 7 nitrogen and oxygen atoms in total. The van der Waals surface area contributed by atoms with Gasteiger partial charge in [0.2, 0.25) is 0 Å². The van der Waals surface area contributed by atoms with Crippen molar-refractivity contribution in [3.63, 3.8) is 0 Å². The second-order valence-electron chi connectivity index (χ2n) is 6.85. The molecule has 1 heterocycles. The minimum atomic E-state index is -0.622. The van der Waals surface area contributed by atoms with Gasteiger partial charge in [-0.3, -0.25) is 9.59 Å². The molecule has 0 saturated carbocycles. The zero-order chi connectivity index (χ0) is 23.5. The van der Waals surface area contributed by atoms with Crippen LogP contribution in [0.25, 0.3) is 0 Å². The molecular formula is C24H16BrClN2O5. The van der Waals surface area contributed by atoms with E-state index in [2.05, 4.69) is 21.2 Å². The van der Waals surface area contributed by atoms with Gasteiger partial charge in [-0.15, -0.1) is 0 Å². The molecule has 33 heavy (non-hydrogen) atoms. The van der Waals surface area contributed by atoms with Crippen LogP contribution in [0.3, 0.4) is 0 Å². The number of halogens is 2. The van der Waals surface area contributed by atoms with Crippen LogP contribution in [-0.2, 0) is 9.59 Å². The Morgan fingerprint density at radius 1 is 0.909 bits per heavy atom. The molecule has 0 unspecified atom stereocenters. The molecule has 2 amide bonds. The lowest BCUT2D eigenvalue weighted by Gasteiger charge is -2.15. The molecule has 0 aliphatic carbocycles. The summed E-state index contributed by atoms with van der Waals surface area (Å²) in [7, 11) is 1.49. The molecule has 0 saturated heterocycles. The molecule has 0 fully saturated rings. The second-order valence-corrected chi connectivity index (χ2v) is 8.15. The lowest BCUT2D eigenvalue weighted by molar-refractivity contribution is -0.120. The molecule has 3 aromatic carbocycles. The van der Waals surface area contributed by atoms with E-state index in [0.29, 0.717) is 22.9 Å². The van der Waals surface area contributed by atoms with E-state index in [-0.39, 0.29) is 16.3 Å². The quantitative estimate of drug-likeness (QED) is 0.272. The topological polar surface area (TPSA) is 84.9 Å². The molecular weight excluding hydrogens is 512 g/mol. The number of imide groups is 1. The molecule has 0 aromatic heterocycles. The Hall–Kier alpha value is -3.62. The van der Waals surface area contributed by atoms with Crippen molar-refractivity contribution in [2.75, 3.05) is 17.3 Å². The van der Waals surface area contributed by atoms with E-state index in [9.17, 15) is 14.4 Å². The van der Waals surface area contributed by atoms with E-state index in [1.54, 1.807) is 60.7 Å². The normalized spacial score (nSPS) is 13.4. The van der Waals surface area contributed by atoms with Gasteiger partial charge in [0.25, 0.3) is 11.8 Å². The number of carbonyl (C=O) groups excluding carboxylic acids is 3. The summed E-state index contributed by atoms with van der Waals surface area (Å²) in [5, 5.41) is 2.65. The number of nitrogens with zero attached hydrogens (tertiary/aromatic N) is 1. The summed E-state index contributed by atoms with van der Waals surface area (Å²) in [5.74, 6) is -1.04. The van der Waals surface area contributed by atoms with Gasteiger partial charge in [-0.05, 0) is 60.7 Å². The van der Waals surface area contributed by atoms with Crippen LogP contribution in [0.15, 0.2) is 88.0 Å². The summed E-state index contributed by atoms with van der Waals surface area (Å²) >= 11 is 9.48. The number of para-hydroxylation sites is 2.